The molecule has 0 unspecified atom stereocenters. The van der Waals surface area contributed by atoms with Gasteiger partial charge in [-0.3, -0.25) is 0 Å². The number of hydrogen-bond acceptors (Lipinski definition) is 3. The van der Waals surface area contributed by atoms with Gasteiger partial charge in [0.1, 0.15) is 5.52 Å². The van der Waals surface area contributed by atoms with Crippen molar-refractivity contribution in [1.29, 1.82) is 0 Å². The molecular weight excluding hydrogens is 260 g/mol. The highest BCUT2D eigenvalue weighted by Gasteiger charge is 2.29. The summed E-state index contributed by atoms with van der Waals surface area (Å²) in [5.41, 5.74) is 9.64. The van der Waals surface area contributed by atoms with E-state index in [0.717, 1.165) is 36.3 Å². The van der Waals surface area contributed by atoms with E-state index >= 15 is 0 Å². The van der Waals surface area contributed by atoms with Gasteiger partial charge in [-0.05, 0) is 36.0 Å². The van der Waals surface area contributed by atoms with Gasteiger partial charge in [-0.2, -0.15) is 0 Å². The molecule has 1 aromatic carbocycles. The number of benzene rings is 1. The quantitative estimate of drug-likeness (QED) is 0.894. The lowest BCUT2D eigenvalue weighted by molar-refractivity contribution is 0.276. The number of hydrogen-bond donors (Lipinski definition) is 1. The number of fused-ring (bicyclic) bond motifs is 1. The molecule has 0 aliphatic heterocycles. The predicted octanol–water partition coefficient (Wildman–Crippen LogP) is 4.33. The second kappa shape index (κ2) is 5.13. The van der Waals surface area contributed by atoms with Crippen molar-refractivity contribution in [2.75, 3.05) is 0 Å². The van der Waals surface area contributed by atoms with Crippen molar-refractivity contribution in [3.8, 4) is 0 Å². The molecule has 1 aliphatic rings. The lowest BCUT2D eigenvalue weighted by Gasteiger charge is -2.32. The largest absolute Gasteiger partial charge is 0.441 e. The number of nitrogens with zero attached hydrogens (tertiary/aromatic N) is 1. The van der Waals surface area contributed by atoms with Gasteiger partial charge in [0.2, 0.25) is 0 Å². The number of oxazole rings is 1. The average Bonchev–Trinajstić information content (AvgIpc) is 2.78. The molecule has 3 heteroatoms. The first-order valence-electron chi connectivity index (χ1n) is 8.05. The summed E-state index contributed by atoms with van der Waals surface area (Å²) >= 11 is 0. The fourth-order valence-electron chi connectivity index (χ4n) is 3.25. The van der Waals surface area contributed by atoms with Crippen LogP contribution in [-0.4, -0.2) is 10.5 Å². The van der Waals surface area contributed by atoms with E-state index in [0.29, 0.717) is 0 Å². The minimum absolute atomic E-state index is 0.119. The molecule has 2 N–H and O–H groups in total. The first-order valence-corrected chi connectivity index (χ1v) is 8.05. The number of rotatable bonds is 2. The van der Waals surface area contributed by atoms with Crippen LogP contribution >= 0.6 is 0 Å². The molecule has 21 heavy (non-hydrogen) atoms. The highest BCUT2D eigenvalue weighted by atomic mass is 16.3. The van der Waals surface area contributed by atoms with E-state index in [1.54, 1.807) is 0 Å². The maximum absolute atomic E-state index is 6.51. The van der Waals surface area contributed by atoms with E-state index < -0.39 is 0 Å². The Balaban J connectivity index is 1.87. The Labute approximate surface area is 126 Å². The first kappa shape index (κ1) is 14.6. The topological polar surface area (TPSA) is 52.0 Å². The highest BCUT2D eigenvalue weighted by molar-refractivity contribution is 5.73. The van der Waals surface area contributed by atoms with Crippen LogP contribution in [0.5, 0.6) is 0 Å². The van der Waals surface area contributed by atoms with Crippen LogP contribution in [0.2, 0.25) is 0 Å². The van der Waals surface area contributed by atoms with Gasteiger partial charge >= 0.3 is 0 Å². The Kier molecular flexibility index (Phi) is 3.56. The van der Waals surface area contributed by atoms with Crippen LogP contribution in [0, 0.1) is 0 Å². The fraction of sp³-hybridized carbons (Fsp3) is 0.611. The average molecular weight is 286 g/mol. The summed E-state index contributed by atoms with van der Waals surface area (Å²) in [6, 6.07) is 6.32. The maximum Gasteiger partial charge on any atom is 0.197 e. The van der Waals surface area contributed by atoms with Gasteiger partial charge in [0, 0.05) is 12.0 Å². The molecule has 1 heterocycles. The van der Waals surface area contributed by atoms with Crippen LogP contribution in [0.1, 0.15) is 64.3 Å². The van der Waals surface area contributed by atoms with Crippen molar-refractivity contribution >= 4 is 11.1 Å². The Morgan fingerprint density at radius 1 is 1.19 bits per heavy atom. The molecule has 2 aromatic rings. The van der Waals surface area contributed by atoms with Crippen LogP contribution in [0.3, 0.4) is 0 Å². The molecule has 3 nitrogen and oxygen atoms in total. The third kappa shape index (κ3) is 3.13. The first-order chi connectivity index (χ1) is 9.86. The number of aromatic nitrogens is 1. The lowest BCUT2D eigenvalue weighted by atomic mass is 9.80. The fourth-order valence-corrected chi connectivity index (χ4v) is 3.25. The highest BCUT2D eigenvalue weighted by Crippen LogP contribution is 2.31. The minimum atomic E-state index is -0.119. The predicted molar refractivity (Wildman–Crippen MR) is 86.4 cm³/mol. The van der Waals surface area contributed by atoms with Crippen LogP contribution in [-0.2, 0) is 11.8 Å². The third-order valence-corrected chi connectivity index (χ3v) is 4.65. The van der Waals surface area contributed by atoms with Crippen LogP contribution in [0.4, 0.5) is 0 Å². The molecule has 114 valence electrons. The van der Waals surface area contributed by atoms with Gasteiger partial charge < -0.3 is 10.2 Å². The van der Waals surface area contributed by atoms with E-state index in [4.69, 9.17) is 10.2 Å². The molecule has 0 atom stereocenters. The summed E-state index contributed by atoms with van der Waals surface area (Å²) in [6.45, 7) is 6.64. The van der Waals surface area contributed by atoms with E-state index in [1.165, 1.54) is 24.8 Å². The van der Waals surface area contributed by atoms with Crippen molar-refractivity contribution in [3.05, 3.63) is 29.7 Å². The summed E-state index contributed by atoms with van der Waals surface area (Å²) in [5, 5.41) is 0. The minimum Gasteiger partial charge on any atom is -0.441 e. The maximum atomic E-state index is 6.51. The van der Waals surface area contributed by atoms with Crippen molar-refractivity contribution in [1.82, 2.24) is 4.98 Å². The standard InChI is InChI=1S/C18H26N2O/c1-17(2,3)13-7-8-15-14(11-13)20-16(21-15)12-18(19)9-5-4-6-10-18/h7-8,11H,4-6,9-10,12,19H2,1-3H3. The SMILES string of the molecule is CC(C)(C)c1ccc2oc(CC3(N)CCCCC3)nc2c1. The van der Waals surface area contributed by atoms with Gasteiger partial charge in [-0.15, -0.1) is 0 Å². The number of nitrogens with two attached hydrogens (primary N) is 1. The molecule has 0 bridgehead atoms. The van der Waals surface area contributed by atoms with Crippen molar-refractivity contribution in [2.45, 2.75) is 70.3 Å². The van der Waals surface area contributed by atoms with Gasteiger partial charge in [0.25, 0.3) is 0 Å². The molecule has 0 saturated heterocycles. The van der Waals surface area contributed by atoms with Crippen LogP contribution < -0.4 is 5.73 Å². The van der Waals surface area contributed by atoms with Gasteiger partial charge in [0.05, 0.1) is 0 Å². The van der Waals surface area contributed by atoms with Crippen molar-refractivity contribution < 1.29 is 4.42 Å². The lowest BCUT2D eigenvalue weighted by Crippen LogP contribution is -2.43. The van der Waals surface area contributed by atoms with E-state index in [2.05, 4.69) is 37.9 Å². The Morgan fingerprint density at radius 2 is 1.90 bits per heavy atom. The summed E-state index contributed by atoms with van der Waals surface area (Å²) in [6.07, 6.45) is 6.68. The van der Waals surface area contributed by atoms with E-state index in [1.807, 2.05) is 6.07 Å². The zero-order valence-electron chi connectivity index (χ0n) is 13.4. The molecule has 1 fully saturated rings. The molecule has 3 rings (SSSR count). The van der Waals surface area contributed by atoms with Crippen LogP contribution in [0.15, 0.2) is 22.6 Å². The van der Waals surface area contributed by atoms with Crippen molar-refractivity contribution in [3.63, 3.8) is 0 Å². The Bertz CT molecular complexity index is 630. The van der Waals surface area contributed by atoms with Gasteiger partial charge in [-0.1, -0.05) is 46.1 Å². The second-order valence-corrected chi connectivity index (χ2v) is 7.64. The van der Waals surface area contributed by atoms with Crippen LogP contribution in [0.25, 0.3) is 11.1 Å². The molecular formula is C18H26N2O. The normalized spacial score (nSPS) is 19.0. The Hall–Kier alpha value is -1.35. The summed E-state index contributed by atoms with van der Waals surface area (Å²) in [7, 11) is 0. The third-order valence-electron chi connectivity index (χ3n) is 4.65. The summed E-state index contributed by atoms with van der Waals surface area (Å²) in [4.78, 5) is 4.68. The van der Waals surface area contributed by atoms with Crippen molar-refractivity contribution in [2.24, 2.45) is 5.73 Å². The Morgan fingerprint density at radius 3 is 2.57 bits per heavy atom. The molecule has 0 spiro atoms. The monoisotopic (exact) mass is 286 g/mol. The van der Waals surface area contributed by atoms with Gasteiger partial charge in [-0.25, -0.2) is 4.98 Å². The molecule has 0 radical (unpaired) electrons. The zero-order chi connectivity index (χ0) is 15.1. The molecule has 1 aromatic heterocycles. The summed E-state index contributed by atoms with van der Waals surface area (Å²) < 4.78 is 5.91. The van der Waals surface area contributed by atoms with Gasteiger partial charge in [0.15, 0.2) is 11.5 Å². The van der Waals surface area contributed by atoms with E-state index in [-0.39, 0.29) is 11.0 Å². The zero-order valence-corrected chi connectivity index (χ0v) is 13.4. The smallest absolute Gasteiger partial charge is 0.197 e. The molecule has 1 saturated carbocycles. The molecule has 0 amide bonds. The molecule has 1 aliphatic carbocycles. The van der Waals surface area contributed by atoms with E-state index in [9.17, 15) is 0 Å². The summed E-state index contributed by atoms with van der Waals surface area (Å²) in [5.74, 6) is 0.792. The second-order valence-electron chi connectivity index (χ2n) is 7.64.